The molecule has 0 aromatic heterocycles. The second-order valence-electron chi connectivity index (χ2n) is 7.67. The Kier molecular flexibility index (Phi) is 6.48. The zero-order chi connectivity index (χ0) is 20.2. The number of nitrogens with one attached hydrogen (secondary N) is 1. The van der Waals surface area contributed by atoms with Crippen LogP contribution in [0.15, 0.2) is 29.2 Å². The molecule has 1 heterocycles. The number of carbonyl (C=O) groups excluding carboxylic acids is 2. The highest BCUT2D eigenvalue weighted by Crippen LogP contribution is 2.20. The molecule has 9 heteroatoms. The monoisotopic (exact) mass is 397 g/mol. The van der Waals surface area contributed by atoms with Gasteiger partial charge in [-0.15, -0.1) is 0 Å². The second-order valence-corrected chi connectivity index (χ2v) is 9.23. The van der Waals surface area contributed by atoms with Gasteiger partial charge in [0.1, 0.15) is 5.60 Å². The Bertz CT molecular complexity index is 784. The van der Waals surface area contributed by atoms with Crippen LogP contribution in [0.4, 0.5) is 4.79 Å². The number of hydrogen-bond donors (Lipinski definition) is 2. The summed E-state index contributed by atoms with van der Waals surface area (Å²) in [4.78, 5) is 26.2. The molecule has 1 aromatic carbocycles. The molecule has 150 valence electrons. The molecule has 1 aliphatic heterocycles. The molecule has 2 amide bonds. The van der Waals surface area contributed by atoms with E-state index in [1.807, 2.05) is 0 Å². The van der Waals surface area contributed by atoms with Crippen molar-refractivity contribution in [3.05, 3.63) is 29.8 Å². The van der Waals surface area contributed by atoms with Gasteiger partial charge >= 0.3 is 6.09 Å². The Morgan fingerprint density at radius 1 is 1.26 bits per heavy atom. The Hall–Kier alpha value is -2.13. The number of ether oxygens (including phenoxy) is 1. The molecule has 3 N–H and O–H groups in total. The number of sulfonamides is 1. The Balaban J connectivity index is 1.89. The van der Waals surface area contributed by atoms with Crippen LogP contribution in [-0.4, -0.2) is 44.0 Å². The van der Waals surface area contributed by atoms with Gasteiger partial charge in [0.2, 0.25) is 15.9 Å². The molecule has 1 saturated heterocycles. The van der Waals surface area contributed by atoms with Crippen molar-refractivity contribution in [1.29, 1.82) is 0 Å². The van der Waals surface area contributed by atoms with E-state index in [0.717, 1.165) is 12.0 Å². The van der Waals surface area contributed by atoms with Gasteiger partial charge in [-0.05, 0) is 51.3 Å². The predicted molar refractivity (Wildman–Crippen MR) is 100 cm³/mol. The molecule has 27 heavy (non-hydrogen) atoms. The number of rotatable bonds is 4. The van der Waals surface area contributed by atoms with E-state index < -0.39 is 21.7 Å². The molecule has 1 unspecified atom stereocenters. The first-order valence-corrected chi connectivity index (χ1v) is 10.4. The van der Waals surface area contributed by atoms with E-state index in [2.05, 4.69) is 5.32 Å². The summed E-state index contributed by atoms with van der Waals surface area (Å²) >= 11 is 0. The fourth-order valence-corrected chi connectivity index (χ4v) is 3.33. The Morgan fingerprint density at radius 3 is 2.44 bits per heavy atom. The molecular weight excluding hydrogens is 370 g/mol. The zero-order valence-corrected chi connectivity index (χ0v) is 16.7. The molecule has 1 atom stereocenters. The normalized spacial score (nSPS) is 18.1. The number of primary sulfonamides is 1. The third-order valence-corrected chi connectivity index (χ3v) is 5.09. The van der Waals surface area contributed by atoms with E-state index in [1.54, 1.807) is 37.8 Å². The summed E-state index contributed by atoms with van der Waals surface area (Å²) in [5, 5.41) is 7.90. The molecule has 0 spiro atoms. The van der Waals surface area contributed by atoms with Crippen LogP contribution in [-0.2, 0) is 26.1 Å². The van der Waals surface area contributed by atoms with Crippen molar-refractivity contribution in [2.75, 3.05) is 13.1 Å². The summed E-state index contributed by atoms with van der Waals surface area (Å²) in [6, 6.07) is 6.02. The zero-order valence-electron chi connectivity index (χ0n) is 15.9. The van der Waals surface area contributed by atoms with Crippen LogP contribution in [0.1, 0.15) is 39.2 Å². The lowest BCUT2D eigenvalue weighted by molar-refractivity contribution is -0.126. The standard InChI is InChI=1S/C18H27N3O5S/c1-18(2,3)26-17(23)21-10-4-5-14(12-21)16(22)20-11-13-6-8-15(9-7-13)27(19,24)25/h6-9,14H,4-5,10-12H2,1-3H3,(H,20,22)(H2,19,24,25). The Morgan fingerprint density at radius 2 is 1.89 bits per heavy atom. The topological polar surface area (TPSA) is 119 Å². The molecule has 0 bridgehead atoms. The number of nitrogens with two attached hydrogens (primary N) is 1. The lowest BCUT2D eigenvalue weighted by Gasteiger charge is -2.33. The van der Waals surface area contributed by atoms with Gasteiger partial charge in [0.05, 0.1) is 10.8 Å². The minimum atomic E-state index is -3.73. The first kappa shape index (κ1) is 21.2. The number of nitrogens with zero attached hydrogens (tertiary/aromatic N) is 1. The van der Waals surface area contributed by atoms with Crippen molar-refractivity contribution in [1.82, 2.24) is 10.2 Å². The molecule has 1 aliphatic rings. The van der Waals surface area contributed by atoms with Crippen molar-refractivity contribution < 1.29 is 22.7 Å². The van der Waals surface area contributed by atoms with Gasteiger partial charge in [-0.25, -0.2) is 18.4 Å². The smallest absolute Gasteiger partial charge is 0.410 e. The first-order valence-electron chi connectivity index (χ1n) is 8.83. The molecule has 0 aliphatic carbocycles. The second kappa shape index (κ2) is 8.26. The molecule has 1 aromatic rings. The van der Waals surface area contributed by atoms with Gasteiger partial charge in [-0.3, -0.25) is 4.79 Å². The number of piperidine rings is 1. The maximum Gasteiger partial charge on any atom is 0.410 e. The van der Waals surface area contributed by atoms with Crippen molar-refractivity contribution >= 4 is 22.0 Å². The highest BCUT2D eigenvalue weighted by molar-refractivity contribution is 7.89. The van der Waals surface area contributed by atoms with Crippen LogP contribution in [0.5, 0.6) is 0 Å². The lowest BCUT2D eigenvalue weighted by Crippen LogP contribution is -2.46. The first-order chi connectivity index (χ1) is 12.5. The fraction of sp³-hybridized carbons (Fsp3) is 0.556. The molecule has 2 rings (SSSR count). The van der Waals surface area contributed by atoms with Crippen LogP contribution in [0.3, 0.4) is 0 Å². The minimum Gasteiger partial charge on any atom is -0.444 e. The maximum atomic E-state index is 12.4. The molecule has 0 saturated carbocycles. The minimum absolute atomic E-state index is 0.0258. The molecule has 1 fully saturated rings. The third kappa shape index (κ3) is 6.51. The molecular formula is C18H27N3O5S. The Labute approximate surface area is 160 Å². The number of carbonyl (C=O) groups is 2. The van der Waals surface area contributed by atoms with Gasteiger partial charge in [-0.1, -0.05) is 12.1 Å². The van der Waals surface area contributed by atoms with Gasteiger partial charge in [0, 0.05) is 19.6 Å². The SMILES string of the molecule is CC(C)(C)OC(=O)N1CCCC(C(=O)NCc2ccc(S(N)(=O)=O)cc2)C1. The van der Waals surface area contributed by atoms with Crippen molar-refractivity contribution in [3.8, 4) is 0 Å². The largest absolute Gasteiger partial charge is 0.444 e. The quantitative estimate of drug-likeness (QED) is 0.800. The van der Waals surface area contributed by atoms with E-state index in [-0.39, 0.29) is 23.3 Å². The molecule has 8 nitrogen and oxygen atoms in total. The highest BCUT2D eigenvalue weighted by atomic mass is 32.2. The number of likely N-dealkylation sites (tertiary alicyclic amines) is 1. The maximum absolute atomic E-state index is 12.4. The van der Waals surface area contributed by atoms with Crippen molar-refractivity contribution in [2.24, 2.45) is 11.1 Å². The summed E-state index contributed by atoms with van der Waals surface area (Å²) in [5.74, 6) is -0.436. The van der Waals surface area contributed by atoms with Crippen LogP contribution >= 0.6 is 0 Å². The van der Waals surface area contributed by atoms with E-state index in [0.29, 0.717) is 19.5 Å². The van der Waals surface area contributed by atoms with Gasteiger partial charge in [0.15, 0.2) is 0 Å². The number of hydrogen-bond acceptors (Lipinski definition) is 5. The van der Waals surface area contributed by atoms with Crippen LogP contribution < -0.4 is 10.5 Å². The van der Waals surface area contributed by atoms with Crippen LogP contribution in [0.25, 0.3) is 0 Å². The van der Waals surface area contributed by atoms with Crippen molar-refractivity contribution in [2.45, 2.75) is 50.7 Å². The van der Waals surface area contributed by atoms with Gasteiger partial charge < -0.3 is 15.0 Å². The summed E-state index contributed by atoms with van der Waals surface area (Å²) < 4.78 is 27.9. The van der Waals surface area contributed by atoms with Crippen molar-refractivity contribution in [3.63, 3.8) is 0 Å². The van der Waals surface area contributed by atoms with Crippen LogP contribution in [0, 0.1) is 5.92 Å². The highest BCUT2D eigenvalue weighted by Gasteiger charge is 2.30. The average molecular weight is 397 g/mol. The summed E-state index contributed by atoms with van der Waals surface area (Å²) in [5.41, 5.74) is 0.186. The summed E-state index contributed by atoms with van der Waals surface area (Å²) in [6.07, 6.45) is 1.04. The van der Waals surface area contributed by atoms with E-state index in [4.69, 9.17) is 9.88 Å². The summed E-state index contributed by atoms with van der Waals surface area (Å²) in [6.45, 7) is 6.59. The summed E-state index contributed by atoms with van der Waals surface area (Å²) in [7, 11) is -3.73. The van der Waals surface area contributed by atoms with Crippen LogP contribution in [0.2, 0.25) is 0 Å². The number of amides is 2. The average Bonchev–Trinajstić information content (AvgIpc) is 2.58. The molecule has 0 radical (unpaired) electrons. The van der Waals surface area contributed by atoms with Gasteiger partial charge in [0.25, 0.3) is 0 Å². The van der Waals surface area contributed by atoms with E-state index >= 15 is 0 Å². The van der Waals surface area contributed by atoms with E-state index in [1.165, 1.54) is 12.1 Å². The lowest BCUT2D eigenvalue weighted by atomic mass is 9.97. The number of benzene rings is 1. The van der Waals surface area contributed by atoms with E-state index in [9.17, 15) is 18.0 Å². The van der Waals surface area contributed by atoms with Gasteiger partial charge in [-0.2, -0.15) is 0 Å². The predicted octanol–water partition coefficient (Wildman–Crippen LogP) is 1.60. The third-order valence-electron chi connectivity index (χ3n) is 4.16. The fourth-order valence-electron chi connectivity index (χ4n) is 2.81.